The predicted octanol–water partition coefficient (Wildman–Crippen LogP) is 13.8. The molecule has 8 aromatic carbocycles. The predicted molar refractivity (Wildman–Crippen MR) is 253 cm³/mol. The lowest BCUT2D eigenvalue weighted by atomic mass is 10.0. The second-order valence-electron chi connectivity index (χ2n) is 15.5. The monoisotopic (exact) mass is 792 g/mol. The van der Waals surface area contributed by atoms with Crippen molar-refractivity contribution in [1.29, 1.82) is 0 Å². The van der Waals surface area contributed by atoms with Crippen LogP contribution in [0, 0.1) is 0 Å². The highest BCUT2D eigenvalue weighted by atomic mass is 15.2. The molecule has 0 spiro atoms. The summed E-state index contributed by atoms with van der Waals surface area (Å²) >= 11 is 0. The quantitative estimate of drug-likeness (QED) is 0.161. The zero-order valence-electron chi connectivity index (χ0n) is 33.5. The summed E-state index contributed by atoms with van der Waals surface area (Å²) in [5.74, 6) is 2.71. The third kappa shape index (κ3) is 6.04. The van der Waals surface area contributed by atoms with Gasteiger partial charge >= 0.3 is 0 Å². The number of nitrogens with zero attached hydrogens (tertiary/aromatic N) is 6. The molecule has 0 aliphatic carbocycles. The van der Waals surface area contributed by atoms with E-state index in [1.54, 1.807) is 0 Å². The highest BCUT2D eigenvalue weighted by Gasteiger charge is 2.20. The maximum atomic E-state index is 5.33. The molecule has 4 heterocycles. The van der Waals surface area contributed by atoms with Crippen molar-refractivity contribution in [2.75, 3.05) is 0 Å². The topological polar surface area (TPSA) is 61.4 Å². The summed E-state index contributed by atoms with van der Waals surface area (Å²) in [5.41, 5.74) is 12.7. The van der Waals surface area contributed by atoms with Gasteiger partial charge in [0.25, 0.3) is 0 Å². The molecule has 0 saturated carbocycles. The van der Waals surface area contributed by atoms with E-state index in [0.717, 1.165) is 83.3 Å². The summed E-state index contributed by atoms with van der Waals surface area (Å²) in [4.78, 5) is 20.5. The van der Waals surface area contributed by atoms with Gasteiger partial charge in [0.1, 0.15) is 5.82 Å². The summed E-state index contributed by atoms with van der Waals surface area (Å²) in [7, 11) is 0. The minimum absolute atomic E-state index is 0.575. The first-order valence-corrected chi connectivity index (χ1v) is 20.8. The molecule has 0 aliphatic rings. The van der Waals surface area contributed by atoms with Crippen LogP contribution >= 0.6 is 0 Å². The Morgan fingerprint density at radius 2 is 0.694 bits per heavy atom. The molecular formula is C56H36N6. The standard InChI is InChI=1S/C56H36N6/c1-5-17-37(18-6-1)43-35-48(38-19-7-2-8-20-38)57-53(36-43)61-49-27-15-13-25-44(49)46-33-41(29-31-51(46)61)42-30-32-52-47(34-42)45-26-14-16-28-50(45)62(52)56-59-54(39-21-9-3-10-22-39)58-55(60-56)40-23-11-4-12-24-40/h1-36H. The van der Waals surface area contributed by atoms with Crippen LogP contribution in [-0.4, -0.2) is 29.1 Å². The number of fused-ring (bicyclic) bond motifs is 6. The van der Waals surface area contributed by atoms with Crippen LogP contribution < -0.4 is 0 Å². The summed E-state index contributed by atoms with van der Waals surface area (Å²) in [5, 5.41) is 4.59. The maximum Gasteiger partial charge on any atom is 0.238 e. The summed E-state index contributed by atoms with van der Waals surface area (Å²) in [6.07, 6.45) is 0. The van der Waals surface area contributed by atoms with Crippen molar-refractivity contribution in [1.82, 2.24) is 29.1 Å². The molecule has 0 radical (unpaired) electrons. The van der Waals surface area contributed by atoms with E-state index in [4.69, 9.17) is 19.9 Å². The fourth-order valence-electron chi connectivity index (χ4n) is 8.85. The first-order chi connectivity index (χ1) is 30.7. The Kier molecular flexibility index (Phi) is 8.38. The lowest BCUT2D eigenvalue weighted by Crippen LogP contribution is -2.06. The van der Waals surface area contributed by atoms with Gasteiger partial charge in [0.15, 0.2) is 11.6 Å². The number of benzene rings is 8. The fraction of sp³-hybridized carbons (Fsp3) is 0. The van der Waals surface area contributed by atoms with Gasteiger partial charge in [0.2, 0.25) is 5.95 Å². The second-order valence-corrected chi connectivity index (χ2v) is 15.5. The highest BCUT2D eigenvalue weighted by molar-refractivity contribution is 6.12. The van der Waals surface area contributed by atoms with Crippen molar-refractivity contribution in [3.05, 3.63) is 218 Å². The molecule has 4 aromatic heterocycles. The molecule has 6 heteroatoms. The molecular weight excluding hydrogens is 757 g/mol. The van der Waals surface area contributed by atoms with Crippen molar-refractivity contribution < 1.29 is 0 Å². The zero-order valence-corrected chi connectivity index (χ0v) is 33.5. The Morgan fingerprint density at radius 3 is 1.24 bits per heavy atom. The molecule has 0 aliphatic heterocycles. The lowest BCUT2D eigenvalue weighted by Gasteiger charge is -2.13. The van der Waals surface area contributed by atoms with Crippen LogP contribution in [0.4, 0.5) is 0 Å². The van der Waals surface area contributed by atoms with Crippen molar-refractivity contribution >= 4 is 43.6 Å². The molecule has 0 fully saturated rings. The van der Waals surface area contributed by atoms with E-state index in [1.165, 1.54) is 10.8 Å². The van der Waals surface area contributed by atoms with Crippen LogP contribution in [0.5, 0.6) is 0 Å². The first-order valence-electron chi connectivity index (χ1n) is 20.8. The minimum atomic E-state index is 0.575. The molecule has 0 bridgehead atoms. The molecule has 12 aromatic rings. The van der Waals surface area contributed by atoms with Crippen molar-refractivity contribution in [3.8, 4) is 68.1 Å². The molecule has 0 amide bonds. The molecule has 0 N–H and O–H groups in total. The van der Waals surface area contributed by atoms with Crippen LogP contribution in [0.15, 0.2) is 218 Å². The van der Waals surface area contributed by atoms with E-state index in [2.05, 4.69) is 161 Å². The Balaban J connectivity index is 1.02. The van der Waals surface area contributed by atoms with Crippen molar-refractivity contribution in [2.45, 2.75) is 0 Å². The van der Waals surface area contributed by atoms with Gasteiger partial charge < -0.3 is 0 Å². The molecule has 290 valence electrons. The van der Waals surface area contributed by atoms with Crippen molar-refractivity contribution in [2.24, 2.45) is 0 Å². The third-order valence-corrected chi connectivity index (χ3v) is 11.8. The van der Waals surface area contributed by atoms with Gasteiger partial charge in [-0.25, -0.2) is 9.97 Å². The van der Waals surface area contributed by atoms with Crippen LogP contribution in [-0.2, 0) is 0 Å². The maximum absolute atomic E-state index is 5.33. The SMILES string of the molecule is c1ccc(-c2cc(-c3ccccc3)nc(-n3c4ccccc4c4cc(-c5ccc6c(c5)c5ccccc5n6-c5nc(-c6ccccc6)nc(-c6ccccc6)n5)ccc43)c2)cc1. The van der Waals surface area contributed by atoms with Gasteiger partial charge in [0, 0.05) is 38.2 Å². The molecule has 12 rings (SSSR count). The Morgan fingerprint density at radius 1 is 0.258 bits per heavy atom. The Bertz CT molecular complexity index is 3260. The average molecular weight is 793 g/mol. The van der Waals surface area contributed by atoms with E-state index < -0.39 is 0 Å². The number of hydrogen-bond acceptors (Lipinski definition) is 4. The van der Waals surface area contributed by atoms with Gasteiger partial charge in [-0.15, -0.1) is 0 Å². The molecule has 0 unspecified atom stereocenters. The van der Waals surface area contributed by atoms with E-state index in [9.17, 15) is 0 Å². The van der Waals surface area contributed by atoms with E-state index in [1.807, 2.05) is 66.7 Å². The summed E-state index contributed by atoms with van der Waals surface area (Å²) in [6, 6.07) is 76.3. The first kappa shape index (κ1) is 35.5. The van der Waals surface area contributed by atoms with E-state index in [0.29, 0.717) is 17.6 Å². The summed E-state index contributed by atoms with van der Waals surface area (Å²) < 4.78 is 4.48. The van der Waals surface area contributed by atoms with Crippen LogP contribution in [0.3, 0.4) is 0 Å². The van der Waals surface area contributed by atoms with Crippen molar-refractivity contribution in [3.63, 3.8) is 0 Å². The zero-order chi connectivity index (χ0) is 41.0. The molecule has 62 heavy (non-hydrogen) atoms. The van der Waals surface area contributed by atoms with Gasteiger partial charge in [-0.1, -0.05) is 170 Å². The molecule has 0 saturated heterocycles. The van der Waals surface area contributed by atoms with E-state index in [-0.39, 0.29) is 0 Å². The fourth-order valence-corrected chi connectivity index (χ4v) is 8.85. The number of aromatic nitrogens is 6. The van der Waals surface area contributed by atoms with Crippen LogP contribution in [0.25, 0.3) is 112 Å². The third-order valence-electron chi connectivity index (χ3n) is 11.8. The van der Waals surface area contributed by atoms with Crippen LogP contribution in [0.1, 0.15) is 0 Å². The largest absolute Gasteiger partial charge is 0.294 e. The second kappa shape index (κ2) is 14.7. The normalized spacial score (nSPS) is 11.5. The lowest BCUT2D eigenvalue weighted by molar-refractivity contribution is 0.953. The van der Waals surface area contributed by atoms with Gasteiger partial charge in [0.05, 0.1) is 27.8 Å². The number of hydrogen-bond donors (Lipinski definition) is 0. The smallest absolute Gasteiger partial charge is 0.238 e. The van der Waals surface area contributed by atoms with E-state index >= 15 is 0 Å². The minimum Gasteiger partial charge on any atom is -0.294 e. The molecule has 0 atom stereocenters. The average Bonchev–Trinajstić information content (AvgIpc) is 3.87. The summed E-state index contributed by atoms with van der Waals surface area (Å²) in [6.45, 7) is 0. The van der Waals surface area contributed by atoms with Gasteiger partial charge in [-0.05, 0) is 70.8 Å². The van der Waals surface area contributed by atoms with Gasteiger partial charge in [-0.2, -0.15) is 9.97 Å². The number of para-hydroxylation sites is 2. The van der Waals surface area contributed by atoms with Gasteiger partial charge in [-0.3, -0.25) is 9.13 Å². The number of pyridine rings is 1. The number of rotatable bonds is 7. The Labute approximate surface area is 357 Å². The van der Waals surface area contributed by atoms with Crippen LogP contribution in [0.2, 0.25) is 0 Å². The Hall–Kier alpha value is -8.48. The molecule has 6 nitrogen and oxygen atoms in total. The highest BCUT2D eigenvalue weighted by Crippen LogP contribution is 2.39.